The molecule has 17 heavy (non-hydrogen) atoms. The predicted octanol–water partition coefficient (Wildman–Crippen LogP) is 4.87. The fourth-order valence-corrected chi connectivity index (χ4v) is 2.27. The molecule has 0 unspecified atom stereocenters. The summed E-state index contributed by atoms with van der Waals surface area (Å²) in [4.78, 5) is 4.11. The molecule has 0 amide bonds. The summed E-state index contributed by atoms with van der Waals surface area (Å²) in [7, 11) is 0. The molecule has 0 radical (unpaired) electrons. The molecule has 0 spiro atoms. The summed E-state index contributed by atoms with van der Waals surface area (Å²) >= 11 is 12.7. The number of anilines is 1. The Labute approximate surface area is 122 Å². The van der Waals surface area contributed by atoms with Gasteiger partial charge in [0.05, 0.1) is 5.02 Å². The molecule has 0 aliphatic rings. The standard InChI is InChI=1S/C12H9Br2ClN2/c13-9-3-8(5-16-7-9)6-17-10-1-2-12(15)11(14)4-10/h1-5,7,17H,6H2. The van der Waals surface area contributed by atoms with Crippen LogP contribution in [0.2, 0.25) is 5.02 Å². The average molecular weight is 376 g/mol. The van der Waals surface area contributed by atoms with Gasteiger partial charge in [0.1, 0.15) is 0 Å². The first kappa shape index (κ1) is 12.9. The van der Waals surface area contributed by atoms with Crippen LogP contribution in [0.1, 0.15) is 5.56 Å². The van der Waals surface area contributed by atoms with Gasteiger partial charge in [0.15, 0.2) is 0 Å². The average Bonchev–Trinajstić information content (AvgIpc) is 2.31. The minimum absolute atomic E-state index is 0.708. The molecule has 1 N–H and O–H groups in total. The van der Waals surface area contributed by atoms with Crippen molar-refractivity contribution >= 4 is 49.1 Å². The smallest absolute Gasteiger partial charge is 0.0549 e. The molecule has 2 aromatic rings. The third-order valence-electron chi connectivity index (χ3n) is 2.18. The van der Waals surface area contributed by atoms with Crippen LogP contribution >= 0.6 is 43.5 Å². The van der Waals surface area contributed by atoms with E-state index in [9.17, 15) is 0 Å². The van der Waals surface area contributed by atoms with Crippen molar-refractivity contribution in [3.63, 3.8) is 0 Å². The first-order valence-corrected chi connectivity index (χ1v) is 6.90. The molecule has 1 aromatic heterocycles. The van der Waals surface area contributed by atoms with E-state index in [1.807, 2.05) is 30.5 Å². The second kappa shape index (κ2) is 5.85. The molecule has 0 atom stereocenters. The van der Waals surface area contributed by atoms with Gasteiger partial charge in [0.25, 0.3) is 0 Å². The van der Waals surface area contributed by atoms with Gasteiger partial charge in [-0.2, -0.15) is 0 Å². The van der Waals surface area contributed by atoms with Crippen LogP contribution in [0.15, 0.2) is 45.6 Å². The highest BCUT2D eigenvalue weighted by Crippen LogP contribution is 2.25. The van der Waals surface area contributed by atoms with E-state index in [0.29, 0.717) is 5.02 Å². The van der Waals surface area contributed by atoms with Crippen LogP contribution in [-0.2, 0) is 6.54 Å². The van der Waals surface area contributed by atoms with Crippen molar-refractivity contribution in [2.24, 2.45) is 0 Å². The van der Waals surface area contributed by atoms with E-state index in [0.717, 1.165) is 26.7 Å². The largest absolute Gasteiger partial charge is 0.381 e. The fourth-order valence-electron chi connectivity index (χ4n) is 1.36. The molecule has 0 bridgehead atoms. The number of hydrogen-bond acceptors (Lipinski definition) is 2. The van der Waals surface area contributed by atoms with Crippen molar-refractivity contribution in [2.45, 2.75) is 6.54 Å². The Kier molecular flexibility index (Phi) is 4.42. The molecule has 88 valence electrons. The zero-order chi connectivity index (χ0) is 12.3. The maximum Gasteiger partial charge on any atom is 0.0549 e. The van der Waals surface area contributed by atoms with Crippen LogP contribution in [0.5, 0.6) is 0 Å². The van der Waals surface area contributed by atoms with Crippen molar-refractivity contribution in [1.82, 2.24) is 4.98 Å². The molecule has 0 saturated heterocycles. The Hall–Kier alpha value is -0.580. The summed E-state index contributed by atoms with van der Waals surface area (Å²) in [6.07, 6.45) is 3.60. The van der Waals surface area contributed by atoms with E-state index in [2.05, 4.69) is 42.2 Å². The van der Waals surface area contributed by atoms with Crippen molar-refractivity contribution in [3.05, 3.63) is 56.2 Å². The number of pyridine rings is 1. The van der Waals surface area contributed by atoms with E-state index in [4.69, 9.17) is 11.6 Å². The SMILES string of the molecule is Clc1ccc(NCc2cncc(Br)c2)cc1Br. The highest BCUT2D eigenvalue weighted by atomic mass is 79.9. The lowest BCUT2D eigenvalue weighted by atomic mass is 10.2. The van der Waals surface area contributed by atoms with Crippen molar-refractivity contribution < 1.29 is 0 Å². The Morgan fingerprint density at radius 3 is 2.71 bits per heavy atom. The third kappa shape index (κ3) is 3.69. The second-order valence-corrected chi connectivity index (χ2v) is 5.67. The molecule has 2 nitrogen and oxygen atoms in total. The number of hydrogen-bond donors (Lipinski definition) is 1. The summed E-state index contributed by atoms with van der Waals surface area (Å²) in [6.45, 7) is 0.723. The van der Waals surface area contributed by atoms with Gasteiger partial charge in [0, 0.05) is 33.6 Å². The molecular weight excluding hydrogens is 367 g/mol. The number of nitrogens with zero attached hydrogens (tertiary/aromatic N) is 1. The zero-order valence-electron chi connectivity index (χ0n) is 8.75. The number of aromatic nitrogens is 1. The van der Waals surface area contributed by atoms with E-state index < -0.39 is 0 Å². The minimum Gasteiger partial charge on any atom is -0.381 e. The molecule has 0 aliphatic heterocycles. The maximum atomic E-state index is 5.93. The second-order valence-electron chi connectivity index (χ2n) is 3.49. The topological polar surface area (TPSA) is 24.9 Å². The number of rotatable bonds is 3. The quantitative estimate of drug-likeness (QED) is 0.826. The van der Waals surface area contributed by atoms with E-state index in [-0.39, 0.29) is 0 Å². The van der Waals surface area contributed by atoms with Gasteiger partial charge in [-0.15, -0.1) is 0 Å². The van der Waals surface area contributed by atoms with Crippen LogP contribution in [-0.4, -0.2) is 4.98 Å². The lowest BCUT2D eigenvalue weighted by Gasteiger charge is -2.07. The maximum absolute atomic E-state index is 5.93. The van der Waals surface area contributed by atoms with Crippen molar-refractivity contribution in [3.8, 4) is 0 Å². The third-order valence-corrected chi connectivity index (χ3v) is 3.83. The minimum atomic E-state index is 0.708. The Morgan fingerprint density at radius 1 is 1.18 bits per heavy atom. The fraction of sp³-hybridized carbons (Fsp3) is 0.0833. The van der Waals surface area contributed by atoms with Gasteiger partial charge in [-0.05, 0) is 61.7 Å². The van der Waals surface area contributed by atoms with Gasteiger partial charge >= 0.3 is 0 Å². The van der Waals surface area contributed by atoms with Gasteiger partial charge in [-0.3, -0.25) is 4.98 Å². The van der Waals surface area contributed by atoms with Crippen molar-refractivity contribution in [1.29, 1.82) is 0 Å². The van der Waals surface area contributed by atoms with Crippen LogP contribution in [0.3, 0.4) is 0 Å². The summed E-state index contributed by atoms with van der Waals surface area (Å²) in [6, 6.07) is 7.78. The summed E-state index contributed by atoms with van der Waals surface area (Å²) in [5.74, 6) is 0. The number of benzene rings is 1. The van der Waals surface area contributed by atoms with Gasteiger partial charge in [-0.25, -0.2) is 0 Å². The highest BCUT2D eigenvalue weighted by molar-refractivity contribution is 9.10. The number of halogens is 3. The van der Waals surface area contributed by atoms with E-state index in [1.54, 1.807) is 6.20 Å². The molecule has 5 heteroatoms. The van der Waals surface area contributed by atoms with Gasteiger partial charge in [0.2, 0.25) is 0 Å². The summed E-state index contributed by atoms with van der Waals surface area (Å²) < 4.78 is 1.87. The lowest BCUT2D eigenvalue weighted by molar-refractivity contribution is 1.11. The van der Waals surface area contributed by atoms with E-state index >= 15 is 0 Å². The molecule has 1 aromatic carbocycles. The first-order chi connectivity index (χ1) is 8.15. The molecule has 2 rings (SSSR count). The van der Waals surface area contributed by atoms with Crippen LogP contribution in [0, 0.1) is 0 Å². The molecule has 0 aliphatic carbocycles. The molecular formula is C12H9Br2ClN2. The zero-order valence-corrected chi connectivity index (χ0v) is 12.7. The normalized spacial score (nSPS) is 10.3. The molecule has 0 fully saturated rings. The molecule has 0 saturated carbocycles. The summed E-state index contributed by atoms with van der Waals surface area (Å²) in [5, 5.41) is 4.01. The first-order valence-electron chi connectivity index (χ1n) is 4.93. The monoisotopic (exact) mass is 374 g/mol. The van der Waals surface area contributed by atoms with Crippen LogP contribution in [0.25, 0.3) is 0 Å². The van der Waals surface area contributed by atoms with Crippen LogP contribution < -0.4 is 5.32 Å². The summed E-state index contributed by atoms with van der Waals surface area (Å²) in [5.41, 5.74) is 2.13. The lowest BCUT2D eigenvalue weighted by Crippen LogP contribution is -1.99. The van der Waals surface area contributed by atoms with Crippen molar-refractivity contribution in [2.75, 3.05) is 5.32 Å². The van der Waals surface area contributed by atoms with Crippen LogP contribution in [0.4, 0.5) is 5.69 Å². The number of nitrogens with one attached hydrogen (secondary N) is 1. The molecule has 1 heterocycles. The predicted molar refractivity (Wildman–Crippen MR) is 78.4 cm³/mol. The van der Waals surface area contributed by atoms with E-state index in [1.165, 1.54) is 0 Å². The Balaban J connectivity index is 2.05. The Bertz CT molecular complexity index is 532. The Morgan fingerprint density at radius 2 is 2.00 bits per heavy atom. The van der Waals surface area contributed by atoms with Gasteiger partial charge in [-0.1, -0.05) is 11.6 Å². The van der Waals surface area contributed by atoms with Gasteiger partial charge < -0.3 is 5.32 Å². The highest BCUT2D eigenvalue weighted by Gasteiger charge is 1.99.